The number of fused-ring (bicyclic) bond motifs is 1. The van der Waals surface area contributed by atoms with E-state index in [0.717, 1.165) is 48.7 Å². The Kier molecular flexibility index (Phi) is 5.65. The molecule has 0 bridgehead atoms. The van der Waals surface area contributed by atoms with E-state index in [1.165, 1.54) is 0 Å². The Balaban J connectivity index is 2.01. The van der Waals surface area contributed by atoms with Crippen LogP contribution in [-0.2, 0) is 0 Å². The molecule has 1 aromatic carbocycles. The van der Waals surface area contributed by atoms with E-state index in [0.29, 0.717) is 0 Å². The van der Waals surface area contributed by atoms with Crippen LogP contribution >= 0.6 is 0 Å². The van der Waals surface area contributed by atoms with Crippen molar-refractivity contribution < 1.29 is 9.15 Å². The van der Waals surface area contributed by atoms with Crippen LogP contribution in [-0.4, -0.2) is 38.2 Å². The molecule has 4 heteroatoms. The van der Waals surface area contributed by atoms with Gasteiger partial charge in [-0.1, -0.05) is 26.0 Å². The fourth-order valence-electron chi connectivity index (χ4n) is 2.51. The monoisotopic (exact) mass is 290 g/mol. The molecular formula is C17H26N2O2. The van der Waals surface area contributed by atoms with Crippen molar-refractivity contribution in [1.29, 1.82) is 0 Å². The second-order valence-electron chi connectivity index (χ2n) is 5.23. The standard InChI is InChI=1S/C17H26N2O2/c1-5-19(6-2)11-10-18-13(3)16-12-14-8-7-9-15(20-4)17(14)21-16/h7-9,12-13,18H,5-6,10-11H2,1-4H3/t13-/m0/s1. The fourth-order valence-corrected chi connectivity index (χ4v) is 2.51. The molecule has 0 aliphatic rings. The lowest BCUT2D eigenvalue weighted by Crippen LogP contribution is -2.32. The summed E-state index contributed by atoms with van der Waals surface area (Å²) >= 11 is 0. The van der Waals surface area contributed by atoms with Crippen molar-refractivity contribution in [3.05, 3.63) is 30.0 Å². The zero-order valence-corrected chi connectivity index (χ0v) is 13.5. The van der Waals surface area contributed by atoms with Crippen molar-refractivity contribution in [2.75, 3.05) is 33.3 Å². The average molecular weight is 290 g/mol. The summed E-state index contributed by atoms with van der Waals surface area (Å²) in [6.45, 7) is 10.7. The zero-order valence-electron chi connectivity index (χ0n) is 13.5. The quantitative estimate of drug-likeness (QED) is 0.808. The lowest BCUT2D eigenvalue weighted by Gasteiger charge is -2.19. The van der Waals surface area contributed by atoms with Crippen molar-refractivity contribution in [1.82, 2.24) is 10.2 Å². The fraction of sp³-hybridized carbons (Fsp3) is 0.529. The number of furan rings is 1. The number of hydrogen-bond donors (Lipinski definition) is 1. The Morgan fingerprint density at radius 2 is 2.05 bits per heavy atom. The predicted octanol–water partition coefficient (Wildman–Crippen LogP) is 3.43. The average Bonchev–Trinajstić information content (AvgIpc) is 2.95. The third-order valence-corrected chi connectivity index (χ3v) is 3.95. The first-order valence-corrected chi connectivity index (χ1v) is 7.71. The molecule has 0 unspecified atom stereocenters. The molecule has 116 valence electrons. The van der Waals surface area contributed by atoms with Gasteiger partial charge in [0.2, 0.25) is 0 Å². The first kappa shape index (κ1) is 15.9. The van der Waals surface area contributed by atoms with Gasteiger partial charge in [0.1, 0.15) is 5.76 Å². The number of nitrogens with one attached hydrogen (secondary N) is 1. The van der Waals surface area contributed by atoms with Crippen LogP contribution < -0.4 is 10.1 Å². The molecule has 0 saturated heterocycles. The number of benzene rings is 1. The number of nitrogens with zero attached hydrogens (tertiary/aromatic N) is 1. The number of rotatable bonds is 8. The number of para-hydroxylation sites is 1. The topological polar surface area (TPSA) is 37.6 Å². The molecular weight excluding hydrogens is 264 g/mol. The Bertz CT molecular complexity index is 561. The van der Waals surface area contributed by atoms with Crippen LogP contribution in [0.5, 0.6) is 5.75 Å². The molecule has 0 amide bonds. The van der Waals surface area contributed by atoms with Gasteiger partial charge in [0.05, 0.1) is 13.2 Å². The molecule has 2 aromatic rings. The molecule has 0 saturated carbocycles. The highest BCUT2D eigenvalue weighted by atomic mass is 16.5. The summed E-state index contributed by atoms with van der Waals surface area (Å²) < 4.78 is 11.3. The summed E-state index contributed by atoms with van der Waals surface area (Å²) in [5, 5.41) is 4.61. The smallest absolute Gasteiger partial charge is 0.176 e. The molecule has 0 spiro atoms. The molecule has 4 nitrogen and oxygen atoms in total. The van der Waals surface area contributed by atoms with E-state index < -0.39 is 0 Å². The first-order chi connectivity index (χ1) is 10.2. The SMILES string of the molecule is CCN(CC)CCN[C@@H](C)c1cc2cccc(OC)c2o1. The van der Waals surface area contributed by atoms with Crippen LogP contribution in [0.4, 0.5) is 0 Å². The minimum absolute atomic E-state index is 0.192. The Hall–Kier alpha value is -1.52. The van der Waals surface area contributed by atoms with Gasteiger partial charge >= 0.3 is 0 Å². The van der Waals surface area contributed by atoms with Crippen molar-refractivity contribution >= 4 is 11.0 Å². The lowest BCUT2D eigenvalue weighted by molar-refractivity contribution is 0.294. The molecule has 0 aliphatic carbocycles. The highest BCUT2D eigenvalue weighted by molar-refractivity contribution is 5.83. The third kappa shape index (κ3) is 3.77. The van der Waals surface area contributed by atoms with Crippen LogP contribution in [0.1, 0.15) is 32.6 Å². The molecule has 0 fully saturated rings. The predicted molar refractivity (Wildman–Crippen MR) is 87.0 cm³/mol. The first-order valence-electron chi connectivity index (χ1n) is 7.71. The number of methoxy groups -OCH3 is 1. The van der Waals surface area contributed by atoms with E-state index in [1.807, 2.05) is 18.2 Å². The molecule has 1 aromatic heterocycles. The van der Waals surface area contributed by atoms with Crippen molar-refractivity contribution in [3.8, 4) is 5.75 Å². The van der Waals surface area contributed by atoms with Gasteiger partial charge in [-0.2, -0.15) is 0 Å². The van der Waals surface area contributed by atoms with Gasteiger partial charge in [0.25, 0.3) is 0 Å². The van der Waals surface area contributed by atoms with Gasteiger partial charge in [-0.25, -0.2) is 0 Å². The molecule has 2 rings (SSSR count). The Morgan fingerprint density at radius 3 is 2.71 bits per heavy atom. The van der Waals surface area contributed by atoms with Crippen LogP contribution in [0.15, 0.2) is 28.7 Å². The lowest BCUT2D eigenvalue weighted by atomic mass is 10.2. The van der Waals surface area contributed by atoms with Gasteiger partial charge in [-0.15, -0.1) is 0 Å². The highest BCUT2D eigenvalue weighted by Crippen LogP contribution is 2.30. The van der Waals surface area contributed by atoms with Crippen LogP contribution in [0, 0.1) is 0 Å². The maximum absolute atomic E-state index is 5.96. The molecule has 1 heterocycles. The van der Waals surface area contributed by atoms with Gasteiger partial charge in [-0.05, 0) is 32.1 Å². The number of ether oxygens (including phenoxy) is 1. The minimum Gasteiger partial charge on any atom is -0.493 e. The largest absolute Gasteiger partial charge is 0.493 e. The zero-order chi connectivity index (χ0) is 15.2. The van der Waals surface area contributed by atoms with Gasteiger partial charge in [0, 0.05) is 18.5 Å². The second-order valence-corrected chi connectivity index (χ2v) is 5.23. The molecule has 0 aliphatic heterocycles. The summed E-state index contributed by atoms with van der Waals surface area (Å²) in [6.07, 6.45) is 0. The van der Waals surface area contributed by atoms with E-state index >= 15 is 0 Å². The van der Waals surface area contributed by atoms with E-state index in [9.17, 15) is 0 Å². The third-order valence-electron chi connectivity index (χ3n) is 3.95. The molecule has 1 atom stereocenters. The van der Waals surface area contributed by atoms with Crippen molar-refractivity contribution in [2.45, 2.75) is 26.8 Å². The second kappa shape index (κ2) is 7.48. The van der Waals surface area contributed by atoms with Gasteiger partial charge < -0.3 is 19.4 Å². The maximum atomic E-state index is 5.96. The molecule has 21 heavy (non-hydrogen) atoms. The van der Waals surface area contributed by atoms with Gasteiger partial charge in [0.15, 0.2) is 11.3 Å². The van der Waals surface area contributed by atoms with E-state index in [4.69, 9.17) is 9.15 Å². The van der Waals surface area contributed by atoms with Crippen molar-refractivity contribution in [2.24, 2.45) is 0 Å². The summed E-state index contributed by atoms with van der Waals surface area (Å²) in [5.41, 5.74) is 0.826. The Labute approximate surface area is 127 Å². The summed E-state index contributed by atoms with van der Waals surface area (Å²) in [7, 11) is 1.67. The summed E-state index contributed by atoms with van der Waals surface area (Å²) in [6, 6.07) is 8.24. The summed E-state index contributed by atoms with van der Waals surface area (Å²) in [5.74, 6) is 1.74. The molecule has 1 N–H and O–H groups in total. The van der Waals surface area contributed by atoms with Gasteiger partial charge in [-0.3, -0.25) is 0 Å². The minimum atomic E-state index is 0.192. The normalized spacial score (nSPS) is 13.0. The van der Waals surface area contributed by atoms with E-state index in [1.54, 1.807) is 7.11 Å². The van der Waals surface area contributed by atoms with Crippen LogP contribution in [0.2, 0.25) is 0 Å². The highest BCUT2D eigenvalue weighted by Gasteiger charge is 2.13. The number of likely N-dealkylation sites (N-methyl/N-ethyl adjacent to an activating group) is 1. The van der Waals surface area contributed by atoms with E-state index in [2.05, 4.69) is 37.1 Å². The Morgan fingerprint density at radius 1 is 1.29 bits per heavy atom. The van der Waals surface area contributed by atoms with Crippen LogP contribution in [0.3, 0.4) is 0 Å². The number of hydrogen-bond acceptors (Lipinski definition) is 4. The molecule has 0 radical (unpaired) electrons. The summed E-state index contributed by atoms with van der Waals surface area (Å²) in [4.78, 5) is 2.40. The van der Waals surface area contributed by atoms with Crippen molar-refractivity contribution in [3.63, 3.8) is 0 Å². The van der Waals surface area contributed by atoms with Crippen LogP contribution in [0.25, 0.3) is 11.0 Å². The maximum Gasteiger partial charge on any atom is 0.176 e. The van der Waals surface area contributed by atoms with E-state index in [-0.39, 0.29) is 6.04 Å².